The van der Waals surface area contributed by atoms with Crippen molar-refractivity contribution in [2.45, 2.75) is 51.6 Å². The first kappa shape index (κ1) is 20.4. The predicted octanol–water partition coefficient (Wildman–Crippen LogP) is 2.51. The van der Waals surface area contributed by atoms with Crippen LogP contribution < -0.4 is 10.2 Å². The molecule has 0 amide bonds. The lowest BCUT2D eigenvalue weighted by Gasteiger charge is -2.32. The van der Waals surface area contributed by atoms with Gasteiger partial charge in [0.15, 0.2) is 0 Å². The average Bonchev–Trinajstić information content (AvgIpc) is 3.10. The molecule has 0 saturated carbocycles. The van der Waals surface area contributed by atoms with E-state index in [2.05, 4.69) is 25.3 Å². The van der Waals surface area contributed by atoms with Gasteiger partial charge >= 0.3 is 0 Å². The Labute approximate surface area is 173 Å². The molecule has 1 aliphatic heterocycles. The van der Waals surface area contributed by atoms with E-state index in [0.29, 0.717) is 41.9 Å². The summed E-state index contributed by atoms with van der Waals surface area (Å²) in [6.07, 6.45) is 0.655. The number of pyridine rings is 1. The molecular weight excluding hydrogens is 389 g/mol. The van der Waals surface area contributed by atoms with Gasteiger partial charge in [-0.15, -0.1) is 0 Å². The summed E-state index contributed by atoms with van der Waals surface area (Å²) in [4.78, 5) is 19.3. The lowest BCUT2D eigenvalue weighted by molar-refractivity contribution is 0.0612. The number of aliphatic hydroxyl groups is 2. The summed E-state index contributed by atoms with van der Waals surface area (Å²) in [5.41, 5.74) is 1.56. The molecule has 0 aromatic carbocycles. The first-order valence-electron chi connectivity index (χ1n) is 10.1. The molecule has 4 heterocycles. The van der Waals surface area contributed by atoms with Crippen LogP contribution in [-0.4, -0.2) is 60.1 Å². The first-order valence-corrected chi connectivity index (χ1v) is 10.1. The number of nitrogens with zero attached hydrogens (tertiary/aromatic N) is 6. The van der Waals surface area contributed by atoms with Gasteiger partial charge in [-0.05, 0) is 33.3 Å². The molecule has 1 aliphatic rings. The van der Waals surface area contributed by atoms with Crippen LogP contribution in [0.1, 0.15) is 45.2 Å². The highest BCUT2D eigenvalue weighted by atomic mass is 19.1. The van der Waals surface area contributed by atoms with E-state index in [1.165, 1.54) is 0 Å². The topological polar surface area (TPSA) is 112 Å². The van der Waals surface area contributed by atoms with Crippen molar-refractivity contribution in [2.24, 2.45) is 0 Å². The van der Waals surface area contributed by atoms with Crippen LogP contribution in [0.15, 0.2) is 24.5 Å². The number of hydrogen-bond donors (Lipinski definition) is 3. The molecule has 1 fully saturated rings. The van der Waals surface area contributed by atoms with Crippen molar-refractivity contribution in [3.63, 3.8) is 0 Å². The highest BCUT2D eigenvalue weighted by molar-refractivity contribution is 5.79. The minimum absolute atomic E-state index is 0.0600. The molecule has 4 rings (SSSR count). The third-order valence-electron chi connectivity index (χ3n) is 5.18. The van der Waals surface area contributed by atoms with Gasteiger partial charge in [0.2, 0.25) is 5.95 Å². The molecule has 0 bridgehead atoms. The van der Waals surface area contributed by atoms with Crippen LogP contribution in [0.3, 0.4) is 0 Å². The number of fused-ring (bicyclic) bond motifs is 1. The largest absolute Gasteiger partial charge is 0.390 e. The molecule has 0 aliphatic carbocycles. The van der Waals surface area contributed by atoms with Gasteiger partial charge in [0.1, 0.15) is 35.3 Å². The van der Waals surface area contributed by atoms with Crippen LogP contribution in [0.2, 0.25) is 0 Å². The molecule has 3 atom stereocenters. The van der Waals surface area contributed by atoms with Crippen molar-refractivity contribution in [1.82, 2.24) is 24.5 Å². The number of aromatic nitrogens is 5. The van der Waals surface area contributed by atoms with Crippen LogP contribution in [0, 0.1) is 0 Å². The Hall–Kier alpha value is -2.85. The van der Waals surface area contributed by atoms with E-state index in [-0.39, 0.29) is 12.6 Å². The smallest absolute Gasteiger partial charge is 0.227 e. The van der Waals surface area contributed by atoms with Crippen molar-refractivity contribution < 1.29 is 14.6 Å². The van der Waals surface area contributed by atoms with Gasteiger partial charge in [-0.25, -0.2) is 19.3 Å². The highest BCUT2D eigenvalue weighted by Gasteiger charge is 2.28. The second-order valence-electron chi connectivity index (χ2n) is 7.85. The van der Waals surface area contributed by atoms with E-state index in [1.54, 1.807) is 30.3 Å². The molecule has 0 radical (unpaired) electrons. The van der Waals surface area contributed by atoms with Gasteiger partial charge in [0.25, 0.3) is 0 Å². The van der Waals surface area contributed by atoms with E-state index in [9.17, 15) is 14.6 Å². The number of hydrogen-bond acceptors (Lipinski definition) is 8. The number of imidazole rings is 1. The van der Waals surface area contributed by atoms with Gasteiger partial charge in [-0.1, -0.05) is 0 Å². The third-order valence-corrected chi connectivity index (χ3v) is 5.18. The van der Waals surface area contributed by atoms with E-state index < -0.39 is 18.4 Å². The van der Waals surface area contributed by atoms with Crippen LogP contribution in [0.25, 0.3) is 11.0 Å². The maximum Gasteiger partial charge on any atom is 0.227 e. The quantitative estimate of drug-likeness (QED) is 0.583. The fourth-order valence-corrected chi connectivity index (χ4v) is 3.70. The Morgan fingerprint density at radius 3 is 2.70 bits per heavy atom. The zero-order valence-electron chi connectivity index (χ0n) is 17.2. The number of aliphatic hydroxyl groups excluding tert-OH is 2. The van der Waals surface area contributed by atoms with Crippen molar-refractivity contribution in [1.29, 1.82) is 0 Å². The van der Waals surface area contributed by atoms with Crippen LogP contribution in [-0.2, 0) is 0 Å². The number of rotatable bonds is 5. The van der Waals surface area contributed by atoms with Crippen LogP contribution in [0.4, 0.5) is 22.0 Å². The molecule has 3 N–H and O–H groups in total. The lowest BCUT2D eigenvalue weighted by atomic mass is 10.1. The Morgan fingerprint density at radius 1 is 1.20 bits per heavy atom. The second kappa shape index (κ2) is 8.11. The summed E-state index contributed by atoms with van der Waals surface area (Å²) in [7, 11) is 0. The number of alkyl halides is 1. The monoisotopic (exact) mass is 415 g/mol. The molecular formula is C20H26FN7O2. The lowest BCUT2D eigenvalue weighted by Crippen LogP contribution is -2.45. The highest BCUT2D eigenvalue weighted by Crippen LogP contribution is 2.27. The molecule has 3 aromatic rings. The molecule has 10 heteroatoms. The Bertz CT molecular complexity index is 1040. The zero-order chi connectivity index (χ0) is 21.4. The summed E-state index contributed by atoms with van der Waals surface area (Å²) >= 11 is 0. The van der Waals surface area contributed by atoms with Gasteiger partial charge in [-0.3, -0.25) is 0 Å². The summed E-state index contributed by atoms with van der Waals surface area (Å²) in [6, 6.07) is 3.69. The molecule has 30 heavy (non-hydrogen) atoms. The van der Waals surface area contributed by atoms with E-state index in [1.807, 2.05) is 24.5 Å². The molecule has 0 spiro atoms. The maximum absolute atomic E-state index is 13.9. The van der Waals surface area contributed by atoms with Gasteiger partial charge < -0.3 is 25.0 Å². The van der Waals surface area contributed by atoms with Gasteiger partial charge in [0.05, 0.1) is 24.4 Å². The Kier molecular flexibility index (Phi) is 5.52. The van der Waals surface area contributed by atoms with E-state index in [0.717, 1.165) is 5.52 Å². The van der Waals surface area contributed by atoms with E-state index in [4.69, 9.17) is 0 Å². The van der Waals surface area contributed by atoms with Gasteiger partial charge in [0, 0.05) is 24.8 Å². The summed E-state index contributed by atoms with van der Waals surface area (Å²) in [5.74, 6) is 2.10. The first-order chi connectivity index (χ1) is 14.3. The number of anilines is 3. The maximum atomic E-state index is 13.9. The van der Waals surface area contributed by atoms with Crippen LogP contribution >= 0.6 is 0 Å². The van der Waals surface area contributed by atoms with Crippen molar-refractivity contribution in [3.05, 3.63) is 30.4 Å². The van der Waals surface area contributed by atoms with E-state index >= 15 is 0 Å². The number of halogens is 1. The Balaban J connectivity index is 1.61. The number of nitrogens with one attached hydrogen (secondary N) is 1. The molecule has 3 unspecified atom stereocenters. The summed E-state index contributed by atoms with van der Waals surface area (Å²) in [5, 5.41) is 22.8. The standard InChI is InChI=1S/C20H26FN7O2/c1-11(2)28-15-8-18(23-9-14(15)24-19(28)12(3)29)25-17-4-6-22-20(26-17)27-7-5-16(30)13(21)10-27/h4,6,8-9,11-13,16,29-30H,5,7,10H2,1-3H3,(H,22,23,25,26). The fraction of sp³-hybridized carbons (Fsp3) is 0.500. The normalized spacial score (nSPS) is 20.7. The zero-order valence-corrected chi connectivity index (χ0v) is 17.2. The minimum Gasteiger partial charge on any atom is -0.390 e. The molecule has 160 valence electrons. The minimum atomic E-state index is -1.32. The second-order valence-corrected chi connectivity index (χ2v) is 7.85. The Morgan fingerprint density at radius 2 is 2.00 bits per heavy atom. The van der Waals surface area contributed by atoms with Crippen molar-refractivity contribution in [2.75, 3.05) is 23.3 Å². The summed E-state index contributed by atoms with van der Waals surface area (Å²) in [6.45, 7) is 6.31. The number of piperidine rings is 1. The predicted molar refractivity (Wildman–Crippen MR) is 112 cm³/mol. The molecule has 3 aromatic heterocycles. The molecule has 1 saturated heterocycles. The van der Waals surface area contributed by atoms with Crippen LogP contribution in [0.5, 0.6) is 0 Å². The fourth-order valence-electron chi connectivity index (χ4n) is 3.70. The van der Waals surface area contributed by atoms with Gasteiger partial charge in [-0.2, -0.15) is 4.98 Å². The SMILES string of the molecule is CC(O)c1nc2cnc(Nc3ccnc(N4CCC(O)C(F)C4)n3)cc2n1C(C)C. The van der Waals surface area contributed by atoms with Crippen molar-refractivity contribution in [3.8, 4) is 0 Å². The summed E-state index contributed by atoms with van der Waals surface area (Å²) < 4.78 is 15.9. The van der Waals surface area contributed by atoms with Crippen molar-refractivity contribution >= 4 is 28.6 Å². The molecule has 9 nitrogen and oxygen atoms in total. The third kappa shape index (κ3) is 3.92. The average molecular weight is 415 g/mol.